The van der Waals surface area contributed by atoms with E-state index in [1.807, 2.05) is 103 Å². The minimum absolute atomic E-state index is 0. The standard InChI is InChI=1S/C30H23FN4O3.C18H16FNO2.C12H21FNSi2.C12H9N3O2.C12H10O2.C6H15N.C4H9N.BrH.Cl2OS.ClH.Mg.Na.H2O/c1-18-15-26(35(34-18)22-9-6-8-21(17-22)32-2)30(37)33-25-16-20(11-13-24(25)31)29(36)28-23-10-5-4-7-19(23)12-14-27(28)38-3;19-15-8-7-12(9-16(15)20)18(22)17-13(10-21)6-5-11-3-1-2-4-14(11)17;1-15(2,3)14(16(4,5)6)12-10-8-7-9-11(12)13;1-8-5-11(12(16)17)15(14-8)10-4-2-3-9(6-10)7-13;1-14-12-7-6-9-4-2-3-5-10(9)11(12)8-13;1-4-7(5-2)6-3;5-3-4-1-2-4;;1-4(2)3;;;;/h4-17,29,36H,1,3H3,(H,33,37);1-9,18,21-22H,10,20H2;7,9-10H,1-6H3;2-6H,1H3,(H,16,17);2-8H,1H3;4-6H2,1-3H3;4H,1-3,5H2;1H;;1H;;;1H2/q;;-1;;;;;;;;+2;+1;/p-2. The van der Waals surface area contributed by atoms with Crippen LogP contribution in [-0.4, -0.2) is 153 Å². The Balaban J connectivity index is 0.000000535. The van der Waals surface area contributed by atoms with E-state index in [1.165, 1.54) is 97.5 Å². The van der Waals surface area contributed by atoms with E-state index in [9.17, 15) is 42.9 Å². The number of anilines is 3. The van der Waals surface area contributed by atoms with Gasteiger partial charge >= 0.3 is 58.6 Å². The van der Waals surface area contributed by atoms with Crippen molar-refractivity contribution in [3.05, 3.63) is 321 Å². The van der Waals surface area contributed by atoms with Crippen molar-refractivity contribution in [3.8, 4) is 28.9 Å². The normalized spacial score (nSPS) is 11.4. The number of aliphatic hydroxyl groups is 3. The van der Waals surface area contributed by atoms with Gasteiger partial charge in [-0.05, 0) is 192 Å². The maximum absolute atomic E-state index is 14.9. The molecule has 13 aromatic rings. The topological polar surface area (TPSA) is 332 Å². The van der Waals surface area contributed by atoms with Gasteiger partial charge in [-0.25, -0.2) is 36.4 Å². The van der Waals surface area contributed by atoms with Crippen molar-refractivity contribution in [1.82, 2.24) is 24.5 Å². The number of aromatic nitrogens is 4. The molecule has 0 aliphatic heterocycles. The molecule has 1 aliphatic rings. The first-order valence-corrected chi connectivity index (χ1v) is 49.0. The van der Waals surface area contributed by atoms with E-state index in [-0.39, 0.29) is 123 Å². The number of aliphatic hydroxyl groups excluding tert-OH is 3. The number of nitrogens with one attached hydrogen (secondary N) is 1. The van der Waals surface area contributed by atoms with Gasteiger partial charge in [-0.3, -0.25) is 9.59 Å². The molecule has 1 aliphatic carbocycles. The van der Waals surface area contributed by atoms with E-state index in [0.29, 0.717) is 78.9 Å². The van der Waals surface area contributed by atoms with Crippen LogP contribution in [0.2, 0.25) is 39.3 Å². The number of hydrogen-bond donors (Lipinski definition) is 7. The number of nitriles is 1. The Kier molecular flexibility index (Phi) is 49.9. The number of halogens is 7. The number of amides is 1. The summed E-state index contributed by atoms with van der Waals surface area (Å²) in [4.78, 5) is 41.0. The number of nitrogens with two attached hydrogens (primary N) is 2. The van der Waals surface area contributed by atoms with Crippen LogP contribution in [0, 0.1) is 61.2 Å². The van der Waals surface area contributed by atoms with E-state index < -0.39 is 61.4 Å². The molecule has 1 saturated carbocycles. The first-order chi connectivity index (χ1) is 58.6. The van der Waals surface area contributed by atoms with Crippen molar-refractivity contribution in [2.24, 2.45) is 11.7 Å². The molecular weight excluding hydrogens is 1840 g/mol. The minimum Gasteiger partial charge on any atom is -1.00 e. The largest absolute Gasteiger partial charge is 2.00 e. The summed E-state index contributed by atoms with van der Waals surface area (Å²) in [6.45, 7) is 35.1. The molecule has 0 radical (unpaired) electrons. The monoisotopic (exact) mass is 1940 g/mol. The van der Waals surface area contributed by atoms with E-state index in [4.69, 9.17) is 42.1 Å². The number of ether oxygens (including phenoxy) is 2. The number of carbonyl (C=O) groups excluding carboxylic acids is 2. The maximum Gasteiger partial charge on any atom is 2.00 e. The first-order valence-electron chi connectivity index (χ1n) is 39.3. The van der Waals surface area contributed by atoms with Gasteiger partial charge in [0.1, 0.15) is 57.5 Å². The van der Waals surface area contributed by atoms with Crippen LogP contribution in [-0.2, 0) is 15.8 Å². The molecule has 34 heteroatoms. The predicted molar refractivity (Wildman–Crippen MR) is 509 cm³/mol. The van der Waals surface area contributed by atoms with Gasteiger partial charge in [0.05, 0.1) is 78.7 Å². The Morgan fingerprint density at radius 1 is 0.688 bits per heavy atom. The van der Waals surface area contributed by atoms with Crippen LogP contribution in [0.1, 0.15) is 122 Å². The third kappa shape index (κ3) is 32.6. The molecule has 10 N–H and O–H groups in total. The molecule has 128 heavy (non-hydrogen) atoms. The van der Waals surface area contributed by atoms with Crippen molar-refractivity contribution in [1.29, 1.82) is 5.26 Å². The fraction of sp³-hybridized carbons (Fsp3) is 0.245. The summed E-state index contributed by atoms with van der Waals surface area (Å²) in [7, 11) is 7.33. The van der Waals surface area contributed by atoms with Crippen LogP contribution in [0.5, 0.6) is 11.5 Å². The minimum atomic E-state index is -1.67. The molecule has 2 unspecified atom stereocenters. The van der Waals surface area contributed by atoms with E-state index in [1.54, 1.807) is 99.8 Å². The number of aldehydes is 1. The first kappa shape index (κ1) is 115. The average molecular weight is 1940 g/mol. The molecule has 0 spiro atoms. The SMILES string of the molecule is CCN(CC)CC.COc1ccc2ccccc2c1C=O.C[Si](C)(C)N(c1c[c-]ccc1F)[Si](C)(C)C.Cc1cc(C(=O)O)n(-c2cccc(C#N)c2)n1.Cl.NCC1CC1.Nc1cc(C(O)c2c(CO)ccc3ccccc23)ccc1F.O=S(Cl)Cl.[Br-].[C-]#[N+]c1cccc(-n2nc(C)cc2C(=O)Nc2cc(C(O)c3c(OC)ccc4ccccc34)ccc2F)c1.[Mg+2].[Na+].[OH-]. The molecular formula is C94H105BrCl3F3MgN11NaO11SSi2. The zero-order chi connectivity index (χ0) is 90.4. The van der Waals surface area contributed by atoms with Gasteiger partial charge in [0.2, 0.25) is 9.23 Å². The summed E-state index contributed by atoms with van der Waals surface area (Å²) in [5.41, 5.74) is 18.1. The third-order valence-corrected chi connectivity index (χ3v) is 26.6. The number of methoxy groups -OCH3 is 2. The summed E-state index contributed by atoms with van der Waals surface area (Å²) in [6.07, 6.45) is 1.47. The summed E-state index contributed by atoms with van der Waals surface area (Å²) < 4.78 is 66.9. The Hall–Kier alpha value is -9.34. The number of benzene rings is 11. The van der Waals surface area contributed by atoms with Crippen molar-refractivity contribution >= 4 is 156 Å². The molecule has 11 aromatic carbocycles. The molecule has 0 bridgehead atoms. The summed E-state index contributed by atoms with van der Waals surface area (Å²) >= 11 is 0. The van der Waals surface area contributed by atoms with Gasteiger partial charge in [0, 0.05) is 32.7 Å². The van der Waals surface area contributed by atoms with Gasteiger partial charge < -0.3 is 78.3 Å². The van der Waals surface area contributed by atoms with Crippen molar-refractivity contribution in [2.75, 3.05) is 55.7 Å². The predicted octanol–water partition coefficient (Wildman–Crippen LogP) is 14.6. The Morgan fingerprint density at radius 3 is 1.63 bits per heavy atom. The molecule has 22 nitrogen and oxygen atoms in total. The number of rotatable bonds is 20. The van der Waals surface area contributed by atoms with Gasteiger partial charge in [-0.2, -0.15) is 33.7 Å². The van der Waals surface area contributed by atoms with E-state index >= 15 is 0 Å². The number of carboxylic acid groups (broad SMARTS) is 1. The number of carboxylic acids is 1. The zero-order valence-corrected chi connectivity index (χ0v) is 84.0. The van der Waals surface area contributed by atoms with E-state index in [0.717, 1.165) is 56.8 Å². The molecule has 0 saturated heterocycles. The number of fused-ring (bicyclic) bond motifs is 3. The number of aryl methyl sites for hydroxylation is 2. The van der Waals surface area contributed by atoms with Crippen LogP contribution in [0.3, 0.4) is 0 Å². The molecule has 1 amide bonds. The number of aromatic carboxylic acids is 1. The second kappa shape index (κ2) is 55.6. The molecule has 2 heterocycles. The zero-order valence-electron chi connectivity index (χ0n) is 73.8. The third-order valence-electron chi connectivity index (χ3n) is 19.4. The van der Waals surface area contributed by atoms with Crippen LogP contribution < -0.4 is 77.0 Å². The second-order valence-electron chi connectivity index (χ2n) is 30.0. The molecule has 14 rings (SSSR count). The fourth-order valence-electron chi connectivity index (χ4n) is 13.6. The second-order valence-corrected chi connectivity index (χ2v) is 42.6. The summed E-state index contributed by atoms with van der Waals surface area (Å²) in [5.74, 6) is -0.905. The van der Waals surface area contributed by atoms with Crippen molar-refractivity contribution in [2.45, 2.75) is 106 Å². The number of hydrogen-bond acceptors (Lipinski definition) is 17. The Bertz CT molecular complexity index is 5880. The smallest absolute Gasteiger partial charge is 1.00 e. The maximum atomic E-state index is 14.9. The summed E-state index contributed by atoms with van der Waals surface area (Å²) in [6, 6.07) is 68.6. The van der Waals surface area contributed by atoms with Crippen LogP contribution >= 0.6 is 33.8 Å². The fourth-order valence-corrected chi connectivity index (χ4v) is 23.4. The quantitative estimate of drug-likeness (QED) is 0.0123. The number of carbonyl (C=O) groups is 3. The number of nitrogen functional groups attached to an aromatic ring is 1. The molecule has 2 aromatic heterocycles. The molecule has 668 valence electrons. The van der Waals surface area contributed by atoms with Gasteiger partial charge in [0.15, 0.2) is 17.7 Å². The molecule has 2 atom stereocenters. The van der Waals surface area contributed by atoms with Crippen molar-refractivity contribution in [3.63, 3.8) is 0 Å². The van der Waals surface area contributed by atoms with Crippen molar-refractivity contribution < 1.29 is 114 Å². The van der Waals surface area contributed by atoms with Gasteiger partial charge in [0.25, 0.3) is 5.91 Å². The Morgan fingerprint density at radius 2 is 1.16 bits per heavy atom. The van der Waals surface area contributed by atoms with Crippen LogP contribution in [0.25, 0.3) is 48.5 Å². The van der Waals surface area contributed by atoms with Gasteiger partial charge in [-0.1, -0.05) is 193 Å². The van der Waals surface area contributed by atoms with Gasteiger partial charge in [-0.15, -0.1) is 18.5 Å². The van der Waals surface area contributed by atoms with Crippen LogP contribution in [0.4, 0.5) is 35.9 Å². The Labute approximate surface area is 814 Å². The average Bonchev–Trinajstić information content (AvgIpc) is 1.18. The molecule has 1 fully saturated rings. The number of nitrogens with zero attached hydrogens (tertiary/aromatic N) is 8. The van der Waals surface area contributed by atoms with Crippen LogP contribution in [0.15, 0.2) is 224 Å². The summed E-state index contributed by atoms with van der Waals surface area (Å²) in [5, 5.41) is 66.1. The van der Waals surface area contributed by atoms with E-state index in [2.05, 4.69) is 117 Å².